The third-order valence-corrected chi connectivity index (χ3v) is 6.68. The molecule has 120 valence electrons. The molecule has 1 fully saturated rings. The fourth-order valence-corrected chi connectivity index (χ4v) is 4.95. The fraction of sp³-hybridized carbons (Fsp3) is 0.357. The molecule has 4 rings (SSSR count). The summed E-state index contributed by atoms with van der Waals surface area (Å²) in [6, 6.07) is 1.82. The monoisotopic (exact) mass is 414 g/mol. The van der Waals surface area contributed by atoms with Crippen LogP contribution < -0.4 is 15.9 Å². The number of aromatic nitrogens is 2. The van der Waals surface area contributed by atoms with Crippen LogP contribution in [0.25, 0.3) is 10.9 Å². The van der Waals surface area contributed by atoms with Gasteiger partial charge in [0.15, 0.2) is 0 Å². The maximum atomic E-state index is 12.5. The van der Waals surface area contributed by atoms with Crippen LogP contribution in [0.3, 0.4) is 0 Å². The van der Waals surface area contributed by atoms with Crippen molar-refractivity contribution in [1.29, 1.82) is 0 Å². The van der Waals surface area contributed by atoms with Crippen molar-refractivity contribution in [2.24, 2.45) is 0 Å². The molecule has 0 spiro atoms. The molecule has 1 N–H and O–H groups in total. The Labute approximate surface area is 149 Å². The van der Waals surface area contributed by atoms with Crippen molar-refractivity contribution >= 4 is 61.9 Å². The smallest absolute Gasteiger partial charge is 0.350 e. The van der Waals surface area contributed by atoms with Crippen LogP contribution in [-0.4, -0.2) is 40.8 Å². The van der Waals surface area contributed by atoms with E-state index in [0.29, 0.717) is 30.5 Å². The van der Waals surface area contributed by atoms with E-state index in [1.54, 1.807) is 16.3 Å². The molecule has 1 amide bonds. The van der Waals surface area contributed by atoms with Gasteiger partial charge in [-0.05, 0) is 22.0 Å². The standard InChI is InChI=1S/C14H12BrClN4O2S/c15-10-8(16)5-7-11-12(10)23-4-3-20(11)14(22)18-13(7)19-2-1-17-9(21)6-19/h5H,1-4,6H2,(H,17,21). The van der Waals surface area contributed by atoms with Crippen molar-refractivity contribution in [2.45, 2.75) is 11.4 Å². The molecule has 23 heavy (non-hydrogen) atoms. The molecule has 6 nitrogen and oxygen atoms in total. The Bertz CT molecular complexity index is 901. The largest absolute Gasteiger partial charge is 0.353 e. The Kier molecular flexibility index (Phi) is 3.78. The van der Waals surface area contributed by atoms with E-state index in [2.05, 4.69) is 26.2 Å². The van der Waals surface area contributed by atoms with Crippen LogP contribution >= 0.6 is 39.3 Å². The van der Waals surface area contributed by atoms with Gasteiger partial charge in [-0.15, -0.1) is 11.8 Å². The van der Waals surface area contributed by atoms with E-state index in [0.717, 1.165) is 26.0 Å². The average Bonchev–Trinajstić information content (AvgIpc) is 2.55. The Morgan fingerprint density at radius 3 is 2.96 bits per heavy atom. The molecule has 2 aliphatic rings. The zero-order chi connectivity index (χ0) is 16.1. The second-order valence-corrected chi connectivity index (χ2v) is 7.69. The number of anilines is 1. The molecule has 2 aliphatic heterocycles. The van der Waals surface area contributed by atoms with Gasteiger partial charge in [-0.2, -0.15) is 4.98 Å². The lowest BCUT2D eigenvalue weighted by Gasteiger charge is -2.30. The maximum Gasteiger partial charge on any atom is 0.350 e. The molecule has 0 saturated carbocycles. The number of hydrogen-bond donors (Lipinski definition) is 1. The minimum Gasteiger partial charge on any atom is -0.353 e. The molecule has 0 bridgehead atoms. The van der Waals surface area contributed by atoms with E-state index < -0.39 is 0 Å². The third kappa shape index (κ3) is 2.43. The first-order valence-electron chi connectivity index (χ1n) is 7.13. The highest BCUT2D eigenvalue weighted by Gasteiger charge is 2.26. The van der Waals surface area contributed by atoms with Gasteiger partial charge in [-0.1, -0.05) is 11.6 Å². The van der Waals surface area contributed by atoms with Crippen molar-refractivity contribution in [1.82, 2.24) is 14.9 Å². The molecule has 1 aromatic carbocycles. The quantitative estimate of drug-likeness (QED) is 0.770. The zero-order valence-corrected chi connectivity index (χ0v) is 15.1. The molecule has 1 aromatic heterocycles. The maximum absolute atomic E-state index is 12.5. The van der Waals surface area contributed by atoms with Crippen LogP contribution in [0, 0.1) is 0 Å². The highest BCUT2D eigenvalue weighted by Crippen LogP contribution is 2.43. The van der Waals surface area contributed by atoms with Crippen molar-refractivity contribution in [3.8, 4) is 0 Å². The second-order valence-electron chi connectivity index (χ2n) is 5.39. The summed E-state index contributed by atoms with van der Waals surface area (Å²) in [4.78, 5) is 31.2. The number of carbonyl (C=O) groups is 1. The van der Waals surface area contributed by atoms with Gasteiger partial charge in [0.25, 0.3) is 0 Å². The van der Waals surface area contributed by atoms with Gasteiger partial charge in [0.2, 0.25) is 5.91 Å². The Hall–Kier alpha value is -1.25. The Morgan fingerprint density at radius 2 is 2.17 bits per heavy atom. The number of amides is 1. The first kappa shape index (κ1) is 15.3. The number of nitrogens with zero attached hydrogens (tertiary/aromatic N) is 3. The van der Waals surface area contributed by atoms with Gasteiger partial charge < -0.3 is 10.2 Å². The molecule has 9 heteroatoms. The molecule has 0 atom stereocenters. The number of rotatable bonds is 1. The summed E-state index contributed by atoms with van der Waals surface area (Å²) in [7, 11) is 0. The predicted molar refractivity (Wildman–Crippen MR) is 94.7 cm³/mol. The van der Waals surface area contributed by atoms with Crippen LogP contribution in [0.1, 0.15) is 0 Å². The van der Waals surface area contributed by atoms with Gasteiger partial charge in [-0.25, -0.2) is 4.79 Å². The topological polar surface area (TPSA) is 67.2 Å². The van der Waals surface area contributed by atoms with Crippen LogP contribution in [0.2, 0.25) is 5.02 Å². The van der Waals surface area contributed by atoms with E-state index in [-0.39, 0.29) is 18.1 Å². The van der Waals surface area contributed by atoms with E-state index in [1.807, 2.05) is 11.0 Å². The first-order chi connectivity index (χ1) is 11.1. The normalized spacial score (nSPS) is 17.5. The molecule has 0 aliphatic carbocycles. The third-order valence-electron chi connectivity index (χ3n) is 3.99. The number of nitrogens with one attached hydrogen (secondary N) is 1. The van der Waals surface area contributed by atoms with Crippen molar-refractivity contribution in [3.05, 3.63) is 26.0 Å². The van der Waals surface area contributed by atoms with Gasteiger partial charge in [0.05, 0.1) is 21.6 Å². The van der Waals surface area contributed by atoms with Crippen LogP contribution in [0.4, 0.5) is 5.82 Å². The fourth-order valence-electron chi connectivity index (χ4n) is 2.98. The number of benzene rings is 1. The van der Waals surface area contributed by atoms with Gasteiger partial charge in [0, 0.05) is 35.7 Å². The predicted octanol–water partition coefficient (Wildman–Crippen LogP) is 1.85. The lowest BCUT2D eigenvalue weighted by atomic mass is 10.2. The highest BCUT2D eigenvalue weighted by molar-refractivity contribution is 9.10. The van der Waals surface area contributed by atoms with Gasteiger partial charge >= 0.3 is 5.69 Å². The number of piperazine rings is 1. The number of aryl methyl sites for hydroxylation is 1. The molecule has 0 unspecified atom stereocenters. The van der Waals surface area contributed by atoms with E-state index in [1.165, 1.54) is 0 Å². The zero-order valence-electron chi connectivity index (χ0n) is 11.9. The van der Waals surface area contributed by atoms with E-state index >= 15 is 0 Å². The van der Waals surface area contributed by atoms with Crippen LogP contribution in [0.15, 0.2) is 20.2 Å². The summed E-state index contributed by atoms with van der Waals surface area (Å²) in [6.45, 7) is 1.97. The lowest BCUT2D eigenvalue weighted by Crippen LogP contribution is -2.48. The van der Waals surface area contributed by atoms with Crippen LogP contribution in [-0.2, 0) is 11.3 Å². The minimum absolute atomic E-state index is 0.0692. The minimum atomic E-state index is -0.283. The Morgan fingerprint density at radius 1 is 1.35 bits per heavy atom. The SMILES string of the molecule is O=C1CN(c2nc(=O)n3c4c(c(Br)c(Cl)cc24)SCC3)CCN1. The molecule has 1 saturated heterocycles. The summed E-state index contributed by atoms with van der Waals surface area (Å²) in [5.41, 5.74) is 0.563. The molecule has 2 aromatic rings. The second kappa shape index (κ2) is 5.68. The van der Waals surface area contributed by atoms with Gasteiger partial charge in [0.1, 0.15) is 5.82 Å². The lowest BCUT2D eigenvalue weighted by molar-refractivity contribution is -0.120. The summed E-state index contributed by atoms with van der Waals surface area (Å²) in [6.07, 6.45) is 0. The van der Waals surface area contributed by atoms with Crippen molar-refractivity contribution in [2.75, 3.05) is 30.3 Å². The highest BCUT2D eigenvalue weighted by atomic mass is 79.9. The summed E-state index contributed by atoms with van der Waals surface area (Å²) in [5, 5.41) is 4.18. The number of carbonyl (C=O) groups excluding carboxylic acids is 1. The number of halogens is 2. The van der Waals surface area contributed by atoms with Crippen molar-refractivity contribution < 1.29 is 4.79 Å². The average molecular weight is 416 g/mol. The Balaban J connectivity index is 2.03. The summed E-state index contributed by atoms with van der Waals surface area (Å²) >= 11 is 11.5. The van der Waals surface area contributed by atoms with Crippen LogP contribution in [0.5, 0.6) is 0 Å². The molecular weight excluding hydrogens is 404 g/mol. The van der Waals surface area contributed by atoms with Gasteiger partial charge in [-0.3, -0.25) is 9.36 Å². The number of hydrogen-bond acceptors (Lipinski definition) is 5. The van der Waals surface area contributed by atoms with E-state index in [4.69, 9.17) is 11.6 Å². The molecule has 3 heterocycles. The summed E-state index contributed by atoms with van der Waals surface area (Å²) < 4.78 is 2.49. The first-order valence-corrected chi connectivity index (χ1v) is 9.29. The molecule has 0 radical (unpaired) electrons. The summed E-state index contributed by atoms with van der Waals surface area (Å²) in [5.74, 6) is 1.27. The number of thioether (sulfide) groups is 1. The molecular formula is C14H12BrClN4O2S. The van der Waals surface area contributed by atoms with E-state index in [9.17, 15) is 9.59 Å². The van der Waals surface area contributed by atoms with Crippen molar-refractivity contribution in [3.63, 3.8) is 0 Å².